The summed E-state index contributed by atoms with van der Waals surface area (Å²) in [6.45, 7) is 2.27. The molecule has 1 saturated heterocycles. The SMILES string of the molecule is Cc1ccc(S(=O)(=O)OCC(COc2cc(-c3ccc4cc(N(C)C)ccc4n3)cnc2N(C)C)OC2CCCCO2)cc1. The van der Waals surface area contributed by atoms with Gasteiger partial charge in [-0.1, -0.05) is 23.8 Å². The van der Waals surface area contributed by atoms with Crippen molar-refractivity contribution in [3.63, 3.8) is 0 Å². The molecule has 2 atom stereocenters. The lowest BCUT2D eigenvalue weighted by atomic mass is 10.1. The Balaban J connectivity index is 1.36. The zero-order valence-corrected chi connectivity index (χ0v) is 26.7. The maximum absolute atomic E-state index is 12.9. The largest absolute Gasteiger partial charge is 0.487 e. The van der Waals surface area contributed by atoms with Crippen LogP contribution < -0.4 is 14.5 Å². The Bertz CT molecular complexity index is 1670. The van der Waals surface area contributed by atoms with E-state index in [1.54, 1.807) is 18.3 Å². The molecule has 11 heteroatoms. The second kappa shape index (κ2) is 13.9. The van der Waals surface area contributed by atoms with Crippen LogP contribution in [0.3, 0.4) is 0 Å². The predicted molar refractivity (Wildman–Crippen MR) is 172 cm³/mol. The van der Waals surface area contributed by atoms with Crippen LogP contribution in [0.15, 0.2) is 71.8 Å². The zero-order valence-electron chi connectivity index (χ0n) is 25.9. The monoisotopic (exact) mass is 620 g/mol. The second-order valence-electron chi connectivity index (χ2n) is 11.3. The van der Waals surface area contributed by atoms with E-state index in [0.717, 1.165) is 46.3 Å². The molecule has 0 bridgehead atoms. The lowest BCUT2D eigenvalue weighted by Crippen LogP contribution is -2.35. The van der Waals surface area contributed by atoms with Gasteiger partial charge >= 0.3 is 0 Å². The fourth-order valence-electron chi connectivity index (χ4n) is 4.85. The number of pyridine rings is 2. The molecule has 1 fully saturated rings. The molecule has 234 valence electrons. The van der Waals surface area contributed by atoms with Crippen LogP contribution in [0.2, 0.25) is 0 Å². The minimum atomic E-state index is -3.99. The Kier molecular flexibility index (Phi) is 10.00. The Hall–Kier alpha value is -3.77. The third-order valence-corrected chi connectivity index (χ3v) is 8.66. The summed E-state index contributed by atoms with van der Waals surface area (Å²) in [6, 6.07) is 18.6. The van der Waals surface area contributed by atoms with Gasteiger partial charge in [-0.05, 0) is 68.7 Å². The van der Waals surface area contributed by atoms with Crippen LogP contribution in [0.5, 0.6) is 5.75 Å². The molecule has 0 saturated carbocycles. The normalized spacial score (nSPS) is 16.1. The smallest absolute Gasteiger partial charge is 0.297 e. The molecule has 5 rings (SSSR count). The van der Waals surface area contributed by atoms with Gasteiger partial charge in [0.25, 0.3) is 10.1 Å². The van der Waals surface area contributed by atoms with Crippen molar-refractivity contribution in [3.05, 3.63) is 72.4 Å². The van der Waals surface area contributed by atoms with E-state index in [2.05, 4.69) is 16.0 Å². The molecule has 44 heavy (non-hydrogen) atoms. The summed E-state index contributed by atoms with van der Waals surface area (Å²) in [5, 5.41) is 1.04. The minimum Gasteiger partial charge on any atom is -0.487 e. The van der Waals surface area contributed by atoms with E-state index in [1.807, 2.05) is 70.3 Å². The molecule has 0 amide bonds. The summed E-state index contributed by atoms with van der Waals surface area (Å²) in [6.07, 6.45) is 3.23. The molecule has 1 aliphatic heterocycles. The Morgan fingerprint density at radius 3 is 2.45 bits per heavy atom. The first-order valence-corrected chi connectivity index (χ1v) is 16.1. The van der Waals surface area contributed by atoms with Crippen molar-refractivity contribution < 1.29 is 26.8 Å². The molecule has 2 unspecified atom stereocenters. The topological polar surface area (TPSA) is 103 Å². The lowest BCUT2D eigenvalue weighted by molar-refractivity contribution is -0.198. The van der Waals surface area contributed by atoms with Crippen LogP contribution in [-0.4, -0.2) is 78.8 Å². The van der Waals surface area contributed by atoms with E-state index < -0.39 is 22.5 Å². The minimum absolute atomic E-state index is 0.0215. The standard InChI is InChI=1S/C33H40N4O6S/c1-23-9-13-28(14-10-23)44(38,39)42-22-27(43-32-8-6-7-17-40-32)21-41-31-19-25(20-34-33(31)37(4)5)30-15-11-24-18-26(36(2)3)12-16-29(24)35-30/h9-16,18-20,27,32H,6-8,17,21-22H2,1-5H3. The van der Waals surface area contributed by atoms with Crippen molar-refractivity contribution in [2.24, 2.45) is 0 Å². The van der Waals surface area contributed by atoms with Crippen molar-refractivity contribution in [1.29, 1.82) is 0 Å². The highest BCUT2D eigenvalue weighted by Gasteiger charge is 2.25. The average Bonchev–Trinajstić information content (AvgIpc) is 3.02. The third kappa shape index (κ3) is 7.84. The van der Waals surface area contributed by atoms with Crippen molar-refractivity contribution in [1.82, 2.24) is 9.97 Å². The highest BCUT2D eigenvalue weighted by atomic mass is 32.2. The number of hydrogen-bond acceptors (Lipinski definition) is 10. The van der Waals surface area contributed by atoms with E-state index >= 15 is 0 Å². The molecule has 0 aliphatic carbocycles. The van der Waals surface area contributed by atoms with Gasteiger partial charge in [0.2, 0.25) is 0 Å². The molecule has 0 N–H and O–H groups in total. The number of fused-ring (bicyclic) bond motifs is 1. The van der Waals surface area contributed by atoms with Crippen molar-refractivity contribution in [3.8, 4) is 17.0 Å². The summed E-state index contributed by atoms with van der Waals surface area (Å²) in [5.74, 6) is 1.13. The average molecular weight is 621 g/mol. The fourth-order valence-corrected chi connectivity index (χ4v) is 5.79. The molecule has 2 aromatic heterocycles. The molecular weight excluding hydrogens is 580 g/mol. The second-order valence-corrected chi connectivity index (χ2v) is 12.9. The summed E-state index contributed by atoms with van der Waals surface area (Å²) >= 11 is 0. The summed E-state index contributed by atoms with van der Waals surface area (Å²) in [7, 11) is 3.79. The number of ether oxygens (including phenoxy) is 3. The lowest BCUT2D eigenvalue weighted by Gasteiger charge is -2.28. The van der Waals surface area contributed by atoms with Gasteiger partial charge in [-0.15, -0.1) is 0 Å². The van der Waals surface area contributed by atoms with E-state index in [-0.39, 0.29) is 18.1 Å². The highest BCUT2D eigenvalue weighted by molar-refractivity contribution is 7.86. The number of aryl methyl sites for hydroxylation is 1. The van der Waals surface area contributed by atoms with E-state index in [9.17, 15) is 8.42 Å². The maximum Gasteiger partial charge on any atom is 0.297 e. The van der Waals surface area contributed by atoms with Gasteiger partial charge in [0.1, 0.15) is 12.7 Å². The van der Waals surface area contributed by atoms with Crippen molar-refractivity contribution in [2.75, 3.05) is 57.8 Å². The van der Waals surface area contributed by atoms with Gasteiger partial charge in [-0.2, -0.15) is 8.42 Å². The van der Waals surface area contributed by atoms with Crippen LogP contribution in [0, 0.1) is 6.92 Å². The number of rotatable bonds is 12. The van der Waals surface area contributed by atoms with Gasteiger partial charge in [-0.3, -0.25) is 4.18 Å². The predicted octanol–water partition coefficient (Wildman–Crippen LogP) is 5.43. The first-order valence-electron chi connectivity index (χ1n) is 14.7. The molecule has 2 aromatic carbocycles. The number of aromatic nitrogens is 2. The van der Waals surface area contributed by atoms with Crippen molar-refractivity contribution >= 4 is 32.5 Å². The Morgan fingerprint density at radius 1 is 0.955 bits per heavy atom. The fraction of sp³-hybridized carbons (Fsp3) is 0.394. The van der Waals surface area contributed by atoms with Gasteiger partial charge < -0.3 is 24.0 Å². The maximum atomic E-state index is 12.9. The van der Waals surface area contributed by atoms with Gasteiger partial charge in [0.05, 0.1) is 22.7 Å². The van der Waals surface area contributed by atoms with Gasteiger partial charge in [0, 0.05) is 57.6 Å². The first kappa shape index (κ1) is 31.6. The van der Waals surface area contributed by atoms with E-state index in [1.165, 1.54) is 12.1 Å². The summed E-state index contributed by atoms with van der Waals surface area (Å²) < 4.78 is 49.5. The molecule has 1 aliphatic rings. The molecule has 4 aromatic rings. The number of nitrogens with zero attached hydrogens (tertiary/aromatic N) is 4. The quantitative estimate of drug-likeness (QED) is 0.190. The molecular formula is C33H40N4O6S. The number of hydrogen-bond donors (Lipinski definition) is 0. The third-order valence-electron chi connectivity index (χ3n) is 7.37. The summed E-state index contributed by atoms with van der Waals surface area (Å²) in [4.78, 5) is 13.5. The van der Waals surface area contributed by atoms with Crippen molar-refractivity contribution in [2.45, 2.75) is 43.5 Å². The van der Waals surface area contributed by atoms with E-state index in [4.69, 9.17) is 23.4 Å². The van der Waals surface area contributed by atoms with Gasteiger partial charge in [-0.25, -0.2) is 9.97 Å². The highest BCUT2D eigenvalue weighted by Crippen LogP contribution is 2.31. The molecule has 3 heterocycles. The Labute approximate surface area is 259 Å². The number of benzene rings is 2. The number of anilines is 2. The first-order chi connectivity index (χ1) is 21.1. The van der Waals surface area contributed by atoms with E-state index in [0.29, 0.717) is 24.6 Å². The molecule has 10 nitrogen and oxygen atoms in total. The molecule has 0 spiro atoms. The van der Waals surface area contributed by atoms with Crippen LogP contribution >= 0.6 is 0 Å². The Morgan fingerprint density at radius 2 is 1.75 bits per heavy atom. The molecule has 0 radical (unpaired) electrons. The van der Waals surface area contributed by atoms with Gasteiger partial charge in [0.15, 0.2) is 17.9 Å². The van der Waals surface area contributed by atoms with Crippen LogP contribution in [0.4, 0.5) is 11.5 Å². The van der Waals surface area contributed by atoms with Crippen LogP contribution in [0.25, 0.3) is 22.2 Å². The van der Waals surface area contributed by atoms with Crippen LogP contribution in [-0.2, 0) is 23.8 Å². The van der Waals surface area contributed by atoms with Crippen LogP contribution in [0.1, 0.15) is 24.8 Å². The zero-order chi connectivity index (χ0) is 31.3. The summed E-state index contributed by atoms with van der Waals surface area (Å²) in [5.41, 5.74) is 4.48.